The summed E-state index contributed by atoms with van der Waals surface area (Å²) < 4.78 is 6.58. The first-order valence-corrected chi connectivity index (χ1v) is 7.41. The Bertz CT molecular complexity index is 798. The summed E-state index contributed by atoms with van der Waals surface area (Å²) in [5.41, 5.74) is 2.08. The molecule has 1 aromatic carbocycles. The molecule has 0 aliphatic carbocycles. The highest BCUT2D eigenvalue weighted by molar-refractivity contribution is 5.73. The Labute approximate surface area is 138 Å². The average Bonchev–Trinajstić information content (AvgIpc) is 3.24. The van der Waals surface area contributed by atoms with Gasteiger partial charge in [-0.15, -0.1) is 0 Å². The lowest BCUT2D eigenvalue weighted by molar-refractivity contribution is 0.239. The maximum absolute atomic E-state index is 11.9. The lowest BCUT2D eigenvalue weighted by Gasteiger charge is -2.11. The van der Waals surface area contributed by atoms with Crippen molar-refractivity contribution in [3.63, 3.8) is 0 Å². The normalized spacial score (nSPS) is 10.5. The van der Waals surface area contributed by atoms with Crippen LogP contribution in [0, 0.1) is 6.92 Å². The van der Waals surface area contributed by atoms with E-state index in [-0.39, 0.29) is 12.6 Å². The van der Waals surface area contributed by atoms with Gasteiger partial charge in [-0.2, -0.15) is 10.1 Å². The van der Waals surface area contributed by atoms with Crippen molar-refractivity contribution < 1.29 is 9.32 Å². The first-order chi connectivity index (χ1) is 11.7. The number of rotatable bonds is 6. The molecule has 2 amide bonds. The second-order valence-corrected chi connectivity index (χ2v) is 5.13. The Hall–Kier alpha value is -3.23. The summed E-state index contributed by atoms with van der Waals surface area (Å²) in [4.78, 5) is 19.8. The topological polar surface area (TPSA) is 111 Å². The molecule has 0 unspecified atom stereocenters. The third kappa shape index (κ3) is 4.15. The van der Waals surface area contributed by atoms with Crippen LogP contribution >= 0.6 is 0 Å². The molecule has 24 heavy (non-hydrogen) atoms. The number of benzene rings is 1. The molecule has 0 fully saturated rings. The fourth-order valence-corrected chi connectivity index (χ4v) is 2.18. The zero-order chi connectivity index (χ0) is 16.8. The van der Waals surface area contributed by atoms with E-state index in [2.05, 4.69) is 30.9 Å². The molecule has 0 spiro atoms. The molecule has 9 heteroatoms. The zero-order valence-electron chi connectivity index (χ0n) is 13.1. The van der Waals surface area contributed by atoms with Crippen LogP contribution < -0.4 is 10.6 Å². The number of hydrogen-bond donors (Lipinski definition) is 2. The summed E-state index contributed by atoms with van der Waals surface area (Å²) in [5.74, 6) is 0.906. The van der Waals surface area contributed by atoms with E-state index in [1.165, 1.54) is 6.33 Å². The number of amides is 2. The molecule has 2 aromatic heterocycles. The van der Waals surface area contributed by atoms with E-state index in [1.807, 2.05) is 24.3 Å². The highest BCUT2D eigenvalue weighted by atomic mass is 16.5. The molecule has 0 radical (unpaired) electrons. The van der Waals surface area contributed by atoms with Gasteiger partial charge in [0.05, 0.1) is 13.1 Å². The van der Waals surface area contributed by atoms with Gasteiger partial charge in [0.2, 0.25) is 5.89 Å². The predicted octanol–water partition coefficient (Wildman–Crippen LogP) is 1.02. The number of aryl methyl sites for hydroxylation is 1. The zero-order valence-corrected chi connectivity index (χ0v) is 13.1. The van der Waals surface area contributed by atoms with Gasteiger partial charge >= 0.3 is 6.03 Å². The van der Waals surface area contributed by atoms with Gasteiger partial charge in [-0.1, -0.05) is 29.4 Å². The second kappa shape index (κ2) is 7.36. The van der Waals surface area contributed by atoms with Gasteiger partial charge in [-0.3, -0.25) is 0 Å². The molecule has 0 saturated carbocycles. The van der Waals surface area contributed by atoms with E-state index in [1.54, 1.807) is 17.9 Å². The van der Waals surface area contributed by atoms with Gasteiger partial charge in [0, 0.05) is 13.5 Å². The minimum atomic E-state index is -0.298. The summed E-state index contributed by atoms with van der Waals surface area (Å²) in [7, 11) is 0. The van der Waals surface area contributed by atoms with Gasteiger partial charge in [0.25, 0.3) is 0 Å². The molecule has 0 saturated heterocycles. The Balaban J connectivity index is 1.53. The van der Waals surface area contributed by atoms with Crippen LogP contribution in [0.2, 0.25) is 0 Å². The summed E-state index contributed by atoms with van der Waals surface area (Å²) in [6, 6.07) is 7.55. The van der Waals surface area contributed by atoms with Crippen LogP contribution in [0.25, 0.3) is 0 Å². The number of hydrogen-bond acceptors (Lipinski definition) is 6. The molecule has 0 aliphatic rings. The predicted molar refractivity (Wildman–Crippen MR) is 83.7 cm³/mol. The molecule has 124 valence electrons. The number of nitrogens with one attached hydrogen (secondary N) is 2. The highest BCUT2D eigenvalue weighted by Gasteiger charge is 2.07. The lowest BCUT2D eigenvalue weighted by Crippen LogP contribution is -2.35. The first-order valence-electron chi connectivity index (χ1n) is 7.41. The van der Waals surface area contributed by atoms with Crippen LogP contribution in [-0.2, 0) is 19.6 Å². The summed E-state index contributed by atoms with van der Waals surface area (Å²) in [6.45, 7) is 2.91. The maximum Gasteiger partial charge on any atom is 0.315 e. The van der Waals surface area contributed by atoms with Crippen molar-refractivity contribution in [2.75, 3.05) is 0 Å². The first kappa shape index (κ1) is 15.7. The van der Waals surface area contributed by atoms with E-state index in [4.69, 9.17) is 4.52 Å². The SMILES string of the molecule is Cc1nc(CNC(=O)NCc2ccccc2Cn2cncn2)no1. The highest BCUT2D eigenvalue weighted by Crippen LogP contribution is 2.09. The summed E-state index contributed by atoms with van der Waals surface area (Å²) in [5, 5.41) is 13.3. The Morgan fingerprint density at radius 2 is 2.00 bits per heavy atom. The maximum atomic E-state index is 11.9. The Kier molecular flexibility index (Phi) is 4.80. The Morgan fingerprint density at radius 1 is 1.21 bits per heavy atom. The quantitative estimate of drug-likeness (QED) is 0.699. The van der Waals surface area contributed by atoms with Gasteiger partial charge < -0.3 is 15.2 Å². The molecule has 3 aromatic rings. The molecule has 9 nitrogen and oxygen atoms in total. The molecular formula is C15H17N7O2. The van der Waals surface area contributed by atoms with Crippen LogP contribution in [0.3, 0.4) is 0 Å². The number of urea groups is 1. The average molecular weight is 327 g/mol. The van der Waals surface area contributed by atoms with Crippen molar-refractivity contribution in [3.8, 4) is 0 Å². The van der Waals surface area contributed by atoms with E-state index >= 15 is 0 Å². The molecule has 0 bridgehead atoms. The monoisotopic (exact) mass is 327 g/mol. The van der Waals surface area contributed by atoms with Gasteiger partial charge in [-0.05, 0) is 11.1 Å². The smallest absolute Gasteiger partial charge is 0.315 e. The van der Waals surface area contributed by atoms with Gasteiger partial charge in [0.1, 0.15) is 12.7 Å². The van der Waals surface area contributed by atoms with Crippen molar-refractivity contribution >= 4 is 6.03 Å². The number of nitrogens with zero attached hydrogens (tertiary/aromatic N) is 5. The van der Waals surface area contributed by atoms with Crippen LogP contribution in [0.5, 0.6) is 0 Å². The fraction of sp³-hybridized carbons (Fsp3) is 0.267. The molecule has 2 heterocycles. The van der Waals surface area contributed by atoms with E-state index in [9.17, 15) is 4.79 Å². The van der Waals surface area contributed by atoms with Crippen molar-refractivity contribution in [1.82, 2.24) is 35.5 Å². The van der Waals surface area contributed by atoms with Crippen LogP contribution in [-0.4, -0.2) is 30.9 Å². The van der Waals surface area contributed by atoms with Crippen LogP contribution in [0.1, 0.15) is 22.8 Å². The van der Waals surface area contributed by atoms with Gasteiger partial charge in [-0.25, -0.2) is 14.5 Å². The number of aromatic nitrogens is 5. The molecule has 2 N–H and O–H groups in total. The molecule has 0 atom stereocenters. The second-order valence-electron chi connectivity index (χ2n) is 5.13. The molecular weight excluding hydrogens is 310 g/mol. The number of carbonyl (C=O) groups excluding carboxylic acids is 1. The van der Waals surface area contributed by atoms with Crippen molar-refractivity contribution in [2.24, 2.45) is 0 Å². The number of carbonyl (C=O) groups is 1. The van der Waals surface area contributed by atoms with E-state index in [0.29, 0.717) is 24.8 Å². The van der Waals surface area contributed by atoms with Crippen molar-refractivity contribution in [1.29, 1.82) is 0 Å². The van der Waals surface area contributed by atoms with E-state index in [0.717, 1.165) is 11.1 Å². The molecule has 3 rings (SSSR count). The third-order valence-corrected chi connectivity index (χ3v) is 3.33. The minimum absolute atomic E-state index is 0.212. The standard InChI is InChI=1S/C15H17N7O2/c1-11-20-14(21-24-11)7-18-15(23)17-6-12-4-2-3-5-13(12)8-22-10-16-9-19-22/h2-5,9-10H,6-8H2,1H3,(H2,17,18,23). The Morgan fingerprint density at radius 3 is 2.71 bits per heavy atom. The van der Waals surface area contributed by atoms with E-state index < -0.39 is 0 Å². The largest absolute Gasteiger partial charge is 0.340 e. The van der Waals surface area contributed by atoms with Crippen molar-refractivity contribution in [3.05, 3.63) is 59.8 Å². The fourth-order valence-electron chi connectivity index (χ4n) is 2.18. The molecule has 0 aliphatic heterocycles. The van der Waals surface area contributed by atoms with Crippen LogP contribution in [0.15, 0.2) is 41.4 Å². The minimum Gasteiger partial charge on any atom is -0.340 e. The third-order valence-electron chi connectivity index (χ3n) is 3.33. The van der Waals surface area contributed by atoms with Gasteiger partial charge in [0.15, 0.2) is 5.82 Å². The van der Waals surface area contributed by atoms with Crippen LogP contribution in [0.4, 0.5) is 4.79 Å². The van der Waals surface area contributed by atoms with Crippen molar-refractivity contribution in [2.45, 2.75) is 26.6 Å². The summed E-state index contributed by atoms with van der Waals surface area (Å²) >= 11 is 0. The summed E-state index contributed by atoms with van der Waals surface area (Å²) in [6.07, 6.45) is 3.15. The lowest BCUT2D eigenvalue weighted by atomic mass is 10.1.